The molecule has 0 spiro atoms. The maximum absolute atomic E-state index is 2.32. The standard InChI is InChI=1S/C17H17.C16H13.C13H10.Zr/c1-3-12-5-7-16-14(9-12)11-15-10-13(4-2)6-8-17(15)16;1-12-10-14-8-5-9-15(16(14)11-12)13-6-3-2-4-7-13;1-3-7-12(8-4-1)11-13-9-5-2-6-10-13;/h5-11H,3-4H2,1-2H3;2-11H,1H3;1-10H;/q2*-1;;+2. The van der Waals surface area contributed by atoms with Gasteiger partial charge in [-0.2, -0.15) is 6.07 Å². The van der Waals surface area contributed by atoms with Crippen molar-refractivity contribution >= 4 is 35.5 Å². The monoisotopic (exact) mass is 682 g/mol. The van der Waals surface area contributed by atoms with Gasteiger partial charge in [-0.1, -0.05) is 98.1 Å². The SMILES string of the molecule is CCc1ccc2c(c1)[cH-]c1cc(CC)ccc12.Cc1cc2c(-c3ccccc3)cccc2[cH-]1.[Zr+2]=[C](c1ccccc1)c1ccccc1. The van der Waals surface area contributed by atoms with E-state index in [0.29, 0.717) is 0 Å². The molecule has 0 N–H and O–H groups in total. The number of aryl methyl sites for hydroxylation is 3. The Hall–Kier alpha value is -4.45. The summed E-state index contributed by atoms with van der Waals surface area (Å²) >= 11 is 1.46. The van der Waals surface area contributed by atoms with Crippen molar-refractivity contribution in [2.24, 2.45) is 0 Å². The van der Waals surface area contributed by atoms with Gasteiger partial charge in [-0.3, -0.25) is 0 Å². The van der Waals surface area contributed by atoms with Crippen LogP contribution in [0.5, 0.6) is 0 Å². The van der Waals surface area contributed by atoms with Crippen LogP contribution in [0.4, 0.5) is 0 Å². The van der Waals surface area contributed by atoms with Crippen LogP contribution in [0.1, 0.15) is 41.7 Å². The quantitative estimate of drug-likeness (QED) is 0.158. The summed E-state index contributed by atoms with van der Waals surface area (Å²) in [6.07, 6.45) is 2.22. The fourth-order valence-corrected chi connectivity index (χ4v) is 7.01. The summed E-state index contributed by atoms with van der Waals surface area (Å²) in [5.74, 6) is 0. The van der Waals surface area contributed by atoms with Gasteiger partial charge in [0.2, 0.25) is 0 Å². The summed E-state index contributed by atoms with van der Waals surface area (Å²) < 4.78 is 1.42. The molecule has 8 aromatic rings. The zero-order valence-corrected chi connectivity index (χ0v) is 30.0. The van der Waals surface area contributed by atoms with Crippen LogP contribution in [0.15, 0.2) is 164 Å². The van der Waals surface area contributed by atoms with Crippen LogP contribution in [0.25, 0.3) is 43.4 Å². The summed E-state index contributed by atoms with van der Waals surface area (Å²) in [4.78, 5) is 0. The van der Waals surface area contributed by atoms with E-state index in [4.69, 9.17) is 0 Å². The van der Waals surface area contributed by atoms with Gasteiger partial charge in [0.25, 0.3) is 0 Å². The van der Waals surface area contributed by atoms with Crippen molar-refractivity contribution in [2.75, 3.05) is 0 Å². The summed E-state index contributed by atoms with van der Waals surface area (Å²) in [5, 5.41) is 8.23. The molecule has 47 heavy (non-hydrogen) atoms. The second-order valence-electron chi connectivity index (χ2n) is 12.0. The molecule has 228 valence electrons. The van der Waals surface area contributed by atoms with Gasteiger partial charge in [0.15, 0.2) is 0 Å². The third kappa shape index (κ3) is 7.76. The zero-order valence-electron chi connectivity index (χ0n) is 27.5. The van der Waals surface area contributed by atoms with Gasteiger partial charge in [0, 0.05) is 0 Å². The molecule has 0 unspecified atom stereocenters. The Morgan fingerprint density at radius 3 is 1.51 bits per heavy atom. The minimum atomic E-state index is 1.11. The van der Waals surface area contributed by atoms with Crippen LogP contribution in [0, 0.1) is 6.92 Å². The number of hydrogen-bond donors (Lipinski definition) is 0. The molecule has 8 aromatic carbocycles. The molecule has 0 saturated carbocycles. The molecule has 0 heterocycles. The second-order valence-corrected chi connectivity index (χ2v) is 13.2. The van der Waals surface area contributed by atoms with Gasteiger partial charge in [-0.25, -0.2) is 0 Å². The number of benzene rings is 6. The first-order valence-electron chi connectivity index (χ1n) is 16.6. The van der Waals surface area contributed by atoms with Crippen LogP contribution in [-0.4, -0.2) is 3.21 Å². The molecule has 0 fully saturated rings. The normalized spacial score (nSPS) is 10.7. The molecule has 0 aliphatic carbocycles. The predicted molar refractivity (Wildman–Crippen MR) is 202 cm³/mol. The summed E-state index contributed by atoms with van der Waals surface area (Å²) in [6.45, 7) is 6.56. The molecular formula is C46H40Zr. The predicted octanol–water partition coefficient (Wildman–Crippen LogP) is 12.2. The Balaban J connectivity index is 0.000000124. The summed E-state index contributed by atoms with van der Waals surface area (Å²) in [6, 6.07) is 58.6. The first-order valence-corrected chi connectivity index (χ1v) is 17.8. The van der Waals surface area contributed by atoms with E-state index < -0.39 is 0 Å². The van der Waals surface area contributed by atoms with Crippen molar-refractivity contribution in [3.8, 4) is 11.1 Å². The Morgan fingerprint density at radius 2 is 1.00 bits per heavy atom. The van der Waals surface area contributed by atoms with E-state index >= 15 is 0 Å². The third-order valence-electron chi connectivity index (χ3n) is 8.75. The van der Waals surface area contributed by atoms with Gasteiger partial charge >= 0.3 is 99.2 Å². The first-order chi connectivity index (χ1) is 23.0. The van der Waals surface area contributed by atoms with Crippen LogP contribution >= 0.6 is 0 Å². The molecule has 0 aromatic heterocycles. The Kier molecular flexibility index (Phi) is 10.7. The van der Waals surface area contributed by atoms with Crippen LogP contribution in [-0.2, 0) is 37.1 Å². The molecule has 0 radical (unpaired) electrons. The van der Waals surface area contributed by atoms with Crippen LogP contribution in [0.3, 0.4) is 0 Å². The Morgan fingerprint density at radius 1 is 0.489 bits per heavy atom. The number of rotatable bonds is 5. The molecule has 0 saturated heterocycles. The molecule has 8 rings (SSSR count). The fourth-order valence-electron chi connectivity index (χ4n) is 6.19. The minimum absolute atomic E-state index is 1.11. The molecule has 1 heteroatoms. The second kappa shape index (κ2) is 15.4. The van der Waals surface area contributed by atoms with Gasteiger partial charge < -0.3 is 0 Å². The van der Waals surface area contributed by atoms with Crippen molar-refractivity contribution in [2.45, 2.75) is 33.6 Å². The molecule has 0 amide bonds. The topological polar surface area (TPSA) is 0 Å². The van der Waals surface area contributed by atoms with Gasteiger partial charge in [-0.05, 0) is 18.4 Å². The Labute approximate surface area is 294 Å². The fraction of sp³-hybridized carbons (Fsp3) is 0.109. The zero-order chi connectivity index (χ0) is 32.6. The van der Waals surface area contributed by atoms with E-state index in [1.54, 1.807) is 0 Å². The first kappa shape index (κ1) is 32.5. The van der Waals surface area contributed by atoms with Crippen molar-refractivity contribution in [3.63, 3.8) is 0 Å². The van der Waals surface area contributed by atoms with E-state index in [-0.39, 0.29) is 0 Å². The molecule has 0 nitrogen and oxygen atoms in total. The van der Waals surface area contributed by atoms with Crippen molar-refractivity contribution < 1.29 is 24.2 Å². The molecular weight excluding hydrogens is 644 g/mol. The number of hydrogen-bond acceptors (Lipinski definition) is 0. The van der Waals surface area contributed by atoms with Gasteiger partial charge in [-0.15, -0.1) is 74.3 Å². The molecule has 0 aliphatic rings. The van der Waals surface area contributed by atoms with E-state index in [1.165, 1.54) is 98.7 Å². The van der Waals surface area contributed by atoms with Crippen LogP contribution < -0.4 is 0 Å². The summed E-state index contributed by atoms with van der Waals surface area (Å²) in [7, 11) is 0. The van der Waals surface area contributed by atoms with E-state index in [0.717, 1.165) is 12.8 Å². The Bertz CT molecular complexity index is 2110. The molecule has 0 atom stereocenters. The molecule has 0 aliphatic heterocycles. The van der Waals surface area contributed by atoms with Gasteiger partial charge in [0.1, 0.15) is 0 Å². The molecule has 0 bridgehead atoms. The summed E-state index contributed by atoms with van der Waals surface area (Å²) in [5.41, 5.74) is 9.45. The van der Waals surface area contributed by atoms with Crippen LogP contribution in [0.2, 0.25) is 0 Å². The average Bonchev–Trinajstić information content (AvgIpc) is 3.71. The van der Waals surface area contributed by atoms with E-state index in [9.17, 15) is 0 Å². The van der Waals surface area contributed by atoms with Crippen molar-refractivity contribution in [3.05, 3.63) is 192 Å². The van der Waals surface area contributed by atoms with E-state index in [1.807, 2.05) is 0 Å². The maximum atomic E-state index is 2.32. The van der Waals surface area contributed by atoms with Gasteiger partial charge in [0.05, 0.1) is 0 Å². The van der Waals surface area contributed by atoms with E-state index in [2.05, 4.69) is 185 Å². The van der Waals surface area contributed by atoms with Crippen molar-refractivity contribution in [1.29, 1.82) is 0 Å². The average molecular weight is 684 g/mol. The van der Waals surface area contributed by atoms with Crippen molar-refractivity contribution in [1.82, 2.24) is 0 Å². The number of fused-ring (bicyclic) bond motifs is 4. The third-order valence-corrected chi connectivity index (χ3v) is 10.2.